The van der Waals surface area contributed by atoms with E-state index in [-0.39, 0.29) is 5.82 Å². The number of hydrogen-bond acceptors (Lipinski definition) is 2. The Labute approximate surface area is 135 Å². The van der Waals surface area contributed by atoms with E-state index < -0.39 is 0 Å². The average molecular weight is 307 g/mol. The highest BCUT2D eigenvalue weighted by molar-refractivity contribution is 5.66. The van der Waals surface area contributed by atoms with Gasteiger partial charge in [0.1, 0.15) is 18.2 Å². The second-order valence-electron chi connectivity index (χ2n) is 5.32. The van der Waals surface area contributed by atoms with Crippen LogP contribution in [0.4, 0.5) is 4.39 Å². The van der Waals surface area contributed by atoms with Crippen molar-refractivity contribution in [1.29, 1.82) is 0 Å². The van der Waals surface area contributed by atoms with Crippen LogP contribution in [0, 0.1) is 5.82 Å². The number of halogens is 1. The zero-order valence-corrected chi connectivity index (χ0v) is 12.7. The van der Waals surface area contributed by atoms with E-state index in [1.165, 1.54) is 6.07 Å². The van der Waals surface area contributed by atoms with E-state index in [0.29, 0.717) is 24.5 Å². The first-order chi connectivity index (χ1) is 11.3. The molecule has 0 fully saturated rings. The fourth-order valence-electron chi connectivity index (χ4n) is 2.41. The molecule has 0 unspecified atom stereocenters. The van der Waals surface area contributed by atoms with Crippen LogP contribution in [-0.2, 0) is 13.2 Å². The minimum Gasteiger partial charge on any atom is -0.489 e. The van der Waals surface area contributed by atoms with Gasteiger partial charge in [0.05, 0.1) is 0 Å². The molecule has 0 atom stereocenters. The highest BCUT2D eigenvalue weighted by atomic mass is 19.1. The Hall–Kier alpha value is -2.65. The van der Waals surface area contributed by atoms with Crippen molar-refractivity contribution < 1.29 is 9.13 Å². The second-order valence-corrected chi connectivity index (χ2v) is 5.32. The molecular formula is C20H18FNO. The molecule has 0 aliphatic heterocycles. The van der Waals surface area contributed by atoms with Crippen molar-refractivity contribution in [2.45, 2.75) is 13.2 Å². The van der Waals surface area contributed by atoms with Gasteiger partial charge < -0.3 is 10.5 Å². The van der Waals surface area contributed by atoms with Gasteiger partial charge in [0.2, 0.25) is 0 Å². The van der Waals surface area contributed by atoms with E-state index >= 15 is 0 Å². The molecule has 0 saturated heterocycles. The van der Waals surface area contributed by atoms with Gasteiger partial charge >= 0.3 is 0 Å². The summed E-state index contributed by atoms with van der Waals surface area (Å²) in [5.41, 5.74) is 8.95. The van der Waals surface area contributed by atoms with Gasteiger partial charge in [0.15, 0.2) is 0 Å². The highest BCUT2D eigenvalue weighted by Crippen LogP contribution is 2.27. The normalized spacial score (nSPS) is 10.5. The molecule has 0 heterocycles. The molecule has 0 bridgehead atoms. The molecule has 0 aliphatic rings. The van der Waals surface area contributed by atoms with E-state index in [4.69, 9.17) is 10.5 Å². The van der Waals surface area contributed by atoms with Crippen LogP contribution >= 0.6 is 0 Å². The molecule has 0 amide bonds. The van der Waals surface area contributed by atoms with Crippen molar-refractivity contribution in [2.75, 3.05) is 0 Å². The van der Waals surface area contributed by atoms with Gasteiger partial charge in [0, 0.05) is 12.1 Å². The maximum absolute atomic E-state index is 14.1. The minimum atomic E-state index is -0.262. The smallest absolute Gasteiger partial charge is 0.131 e. The largest absolute Gasteiger partial charge is 0.489 e. The van der Waals surface area contributed by atoms with E-state index in [2.05, 4.69) is 0 Å². The fourth-order valence-corrected chi connectivity index (χ4v) is 2.41. The van der Waals surface area contributed by atoms with Gasteiger partial charge in [-0.25, -0.2) is 4.39 Å². The molecule has 3 rings (SSSR count). The van der Waals surface area contributed by atoms with E-state index in [1.807, 2.05) is 54.6 Å². The Kier molecular flexibility index (Phi) is 4.69. The first-order valence-electron chi connectivity index (χ1n) is 7.52. The van der Waals surface area contributed by atoms with Crippen molar-refractivity contribution >= 4 is 0 Å². The Morgan fingerprint density at radius 2 is 1.65 bits per heavy atom. The number of nitrogens with two attached hydrogens (primary N) is 1. The molecule has 116 valence electrons. The molecule has 23 heavy (non-hydrogen) atoms. The van der Waals surface area contributed by atoms with Gasteiger partial charge in [-0.3, -0.25) is 0 Å². The molecule has 2 N–H and O–H groups in total. The van der Waals surface area contributed by atoms with Gasteiger partial charge in [-0.1, -0.05) is 48.5 Å². The highest BCUT2D eigenvalue weighted by Gasteiger charge is 2.07. The maximum Gasteiger partial charge on any atom is 0.131 e. The van der Waals surface area contributed by atoms with E-state index in [0.717, 1.165) is 16.7 Å². The van der Waals surface area contributed by atoms with Crippen LogP contribution in [0.1, 0.15) is 11.1 Å². The summed E-state index contributed by atoms with van der Waals surface area (Å²) in [6.07, 6.45) is 0. The van der Waals surface area contributed by atoms with Crippen molar-refractivity contribution in [3.05, 3.63) is 89.7 Å². The first kappa shape index (κ1) is 15.3. The summed E-state index contributed by atoms with van der Waals surface area (Å²) in [5, 5.41) is 0. The SMILES string of the molecule is NCc1ccc(F)c(-c2cccc(OCc3ccccc3)c2)c1. The molecule has 2 nitrogen and oxygen atoms in total. The molecule has 0 aromatic heterocycles. The van der Waals surface area contributed by atoms with Crippen LogP contribution in [0.2, 0.25) is 0 Å². The first-order valence-corrected chi connectivity index (χ1v) is 7.52. The molecule has 3 aromatic carbocycles. The van der Waals surface area contributed by atoms with E-state index in [9.17, 15) is 4.39 Å². The van der Waals surface area contributed by atoms with Crippen LogP contribution in [0.15, 0.2) is 72.8 Å². The molecular weight excluding hydrogens is 289 g/mol. The van der Waals surface area contributed by atoms with E-state index in [1.54, 1.807) is 12.1 Å². The van der Waals surface area contributed by atoms with Crippen molar-refractivity contribution in [2.24, 2.45) is 5.73 Å². The zero-order chi connectivity index (χ0) is 16.1. The van der Waals surface area contributed by atoms with Gasteiger partial charge in [0.25, 0.3) is 0 Å². The third-order valence-electron chi connectivity index (χ3n) is 3.66. The Morgan fingerprint density at radius 3 is 2.43 bits per heavy atom. The van der Waals surface area contributed by atoms with Crippen LogP contribution in [-0.4, -0.2) is 0 Å². The second kappa shape index (κ2) is 7.07. The van der Waals surface area contributed by atoms with Gasteiger partial charge in [-0.15, -0.1) is 0 Å². The topological polar surface area (TPSA) is 35.2 Å². The Bertz CT molecular complexity index is 787. The van der Waals surface area contributed by atoms with Crippen molar-refractivity contribution in [1.82, 2.24) is 0 Å². The average Bonchev–Trinajstić information content (AvgIpc) is 2.61. The summed E-state index contributed by atoms with van der Waals surface area (Å²) in [5.74, 6) is 0.450. The maximum atomic E-state index is 14.1. The standard InChI is InChI=1S/C20H18FNO/c21-20-10-9-16(13-22)11-19(20)17-7-4-8-18(12-17)23-14-15-5-2-1-3-6-15/h1-12H,13-14,22H2. The third-order valence-corrected chi connectivity index (χ3v) is 3.66. The molecule has 0 saturated carbocycles. The van der Waals surface area contributed by atoms with Crippen LogP contribution in [0.5, 0.6) is 5.75 Å². The van der Waals surface area contributed by atoms with Crippen LogP contribution < -0.4 is 10.5 Å². The monoisotopic (exact) mass is 307 g/mol. The lowest BCUT2D eigenvalue weighted by atomic mass is 10.0. The van der Waals surface area contributed by atoms with Crippen molar-refractivity contribution in [3.63, 3.8) is 0 Å². The molecule has 3 aromatic rings. The summed E-state index contributed by atoms with van der Waals surface area (Å²) >= 11 is 0. The third kappa shape index (κ3) is 3.76. The molecule has 0 radical (unpaired) electrons. The van der Waals surface area contributed by atoms with Crippen LogP contribution in [0.3, 0.4) is 0 Å². The number of rotatable bonds is 5. The quantitative estimate of drug-likeness (QED) is 0.751. The minimum absolute atomic E-state index is 0.262. The fraction of sp³-hybridized carbons (Fsp3) is 0.100. The summed E-state index contributed by atoms with van der Waals surface area (Å²) in [6.45, 7) is 0.868. The number of benzene rings is 3. The predicted octanol–water partition coefficient (Wildman–Crippen LogP) is 4.53. The zero-order valence-electron chi connectivity index (χ0n) is 12.7. The lowest BCUT2D eigenvalue weighted by molar-refractivity contribution is 0.306. The molecule has 0 aliphatic carbocycles. The molecule has 3 heteroatoms. The van der Waals surface area contributed by atoms with Gasteiger partial charge in [-0.2, -0.15) is 0 Å². The predicted molar refractivity (Wildman–Crippen MR) is 90.5 cm³/mol. The van der Waals surface area contributed by atoms with Crippen LogP contribution in [0.25, 0.3) is 11.1 Å². The lowest BCUT2D eigenvalue weighted by Crippen LogP contribution is -1.98. The summed E-state index contributed by atoms with van der Waals surface area (Å²) in [4.78, 5) is 0. The lowest BCUT2D eigenvalue weighted by Gasteiger charge is -2.10. The van der Waals surface area contributed by atoms with Gasteiger partial charge in [-0.05, 0) is 41.0 Å². The number of hydrogen-bond donors (Lipinski definition) is 1. The summed E-state index contributed by atoms with van der Waals surface area (Å²) in [7, 11) is 0. The Balaban J connectivity index is 1.82. The summed E-state index contributed by atoms with van der Waals surface area (Å²) in [6, 6.07) is 22.3. The molecule has 0 spiro atoms. The Morgan fingerprint density at radius 1 is 0.826 bits per heavy atom. The summed E-state index contributed by atoms with van der Waals surface area (Å²) < 4.78 is 19.9. The number of ether oxygens (including phenoxy) is 1. The van der Waals surface area contributed by atoms with Crippen molar-refractivity contribution in [3.8, 4) is 16.9 Å².